The number of imide groups is 1. The van der Waals surface area contributed by atoms with Crippen LogP contribution in [0.25, 0.3) is 6.08 Å². The summed E-state index contributed by atoms with van der Waals surface area (Å²) in [5.41, 5.74) is 0.825. The maximum Gasteiger partial charge on any atom is 0.329 e. The highest BCUT2D eigenvalue weighted by molar-refractivity contribution is 14.1. The molecule has 1 aliphatic rings. The third-order valence-electron chi connectivity index (χ3n) is 2.94. The summed E-state index contributed by atoms with van der Waals surface area (Å²) >= 11 is 1.97. The fourth-order valence-electron chi connectivity index (χ4n) is 1.98. The Morgan fingerprint density at radius 3 is 2.82 bits per heavy atom. The average Bonchev–Trinajstić information content (AvgIpc) is 2.72. The van der Waals surface area contributed by atoms with E-state index in [4.69, 9.17) is 4.74 Å². The van der Waals surface area contributed by atoms with Crippen LogP contribution in [0.15, 0.2) is 30.5 Å². The molecule has 7 heteroatoms. The second-order valence-corrected chi connectivity index (χ2v) is 5.64. The molecule has 2 rings (SSSR count). The van der Waals surface area contributed by atoms with Gasteiger partial charge in [-0.25, -0.2) is 4.79 Å². The highest BCUT2D eigenvalue weighted by atomic mass is 127. The first-order valence-electron chi connectivity index (χ1n) is 6.58. The Kier molecular flexibility index (Phi) is 5.07. The highest BCUT2D eigenvalue weighted by Gasteiger charge is 2.32. The van der Waals surface area contributed by atoms with Crippen LogP contribution in [-0.4, -0.2) is 35.1 Å². The van der Waals surface area contributed by atoms with Crippen LogP contribution in [0.5, 0.6) is 11.5 Å². The zero-order valence-corrected chi connectivity index (χ0v) is 14.1. The lowest BCUT2D eigenvalue weighted by Gasteiger charge is -2.09. The highest BCUT2D eigenvalue weighted by Crippen LogP contribution is 2.33. The van der Waals surface area contributed by atoms with Crippen LogP contribution < -0.4 is 10.1 Å². The van der Waals surface area contributed by atoms with E-state index in [-0.39, 0.29) is 18.0 Å². The fraction of sp³-hybridized carbons (Fsp3) is 0.200. The third-order valence-corrected chi connectivity index (χ3v) is 3.76. The van der Waals surface area contributed by atoms with Crippen LogP contribution in [0.3, 0.4) is 0 Å². The van der Waals surface area contributed by atoms with Gasteiger partial charge in [0.25, 0.3) is 5.91 Å². The number of benzene rings is 1. The molecule has 0 unspecified atom stereocenters. The molecule has 0 aliphatic carbocycles. The van der Waals surface area contributed by atoms with Gasteiger partial charge in [0.15, 0.2) is 11.5 Å². The molecule has 1 aliphatic heterocycles. The molecule has 0 saturated carbocycles. The van der Waals surface area contributed by atoms with Crippen molar-refractivity contribution < 1.29 is 19.4 Å². The van der Waals surface area contributed by atoms with Crippen LogP contribution in [0.4, 0.5) is 4.79 Å². The van der Waals surface area contributed by atoms with Crippen LogP contribution in [0.2, 0.25) is 0 Å². The van der Waals surface area contributed by atoms with E-state index in [0.29, 0.717) is 21.5 Å². The van der Waals surface area contributed by atoms with Crippen molar-refractivity contribution in [1.82, 2.24) is 10.2 Å². The maximum atomic E-state index is 12.1. The standard InChI is InChI=1S/C15H15IN2O4/c1-3-5-18-14(20)11(17-15(18)21)7-9-6-10(16)13(19)12(8-9)22-4-2/h3,6-8,19H,1,4-5H2,2H3,(H,17,21)/b11-7+. The minimum absolute atomic E-state index is 0.0552. The molecule has 1 fully saturated rings. The molecule has 2 N–H and O–H groups in total. The van der Waals surface area contributed by atoms with E-state index in [9.17, 15) is 14.7 Å². The van der Waals surface area contributed by atoms with Gasteiger partial charge in [0.1, 0.15) is 5.70 Å². The number of aromatic hydroxyl groups is 1. The molecule has 0 aromatic heterocycles. The summed E-state index contributed by atoms with van der Waals surface area (Å²) in [6.45, 7) is 5.89. The maximum absolute atomic E-state index is 12.1. The number of carbonyl (C=O) groups is 2. The molecule has 0 radical (unpaired) electrons. The molecule has 0 spiro atoms. The Hall–Kier alpha value is -2.03. The van der Waals surface area contributed by atoms with E-state index in [1.165, 1.54) is 6.08 Å². The molecule has 0 bridgehead atoms. The molecular weight excluding hydrogens is 399 g/mol. The first-order valence-corrected chi connectivity index (χ1v) is 7.66. The van der Waals surface area contributed by atoms with Crippen LogP contribution in [0, 0.1) is 3.57 Å². The minimum Gasteiger partial charge on any atom is -0.504 e. The minimum atomic E-state index is -0.477. The second kappa shape index (κ2) is 6.82. The Labute approximate surface area is 141 Å². The van der Waals surface area contributed by atoms with Crippen molar-refractivity contribution in [3.63, 3.8) is 0 Å². The quantitative estimate of drug-likeness (QED) is 0.336. The zero-order valence-electron chi connectivity index (χ0n) is 11.9. The number of nitrogens with one attached hydrogen (secondary N) is 1. The summed E-state index contributed by atoms with van der Waals surface area (Å²) < 4.78 is 5.94. The van der Waals surface area contributed by atoms with E-state index in [1.807, 2.05) is 29.5 Å². The number of ether oxygens (including phenoxy) is 1. The molecule has 1 aromatic rings. The number of carbonyl (C=O) groups excluding carboxylic acids is 2. The summed E-state index contributed by atoms with van der Waals surface area (Å²) in [4.78, 5) is 24.9. The molecule has 1 heterocycles. The lowest BCUT2D eigenvalue weighted by Crippen LogP contribution is -2.30. The summed E-state index contributed by atoms with van der Waals surface area (Å²) in [7, 11) is 0. The molecule has 1 saturated heterocycles. The van der Waals surface area contributed by atoms with Gasteiger partial charge in [-0.05, 0) is 53.3 Å². The van der Waals surface area contributed by atoms with Crippen LogP contribution >= 0.6 is 22.6 Å². The number of urea groups is 1. The van der Waals surface area contributed by atoms with Gasteiger partial charge >= 0.3 is 6.03 Å². The molecular formula is C15H15IN2O4. The van der Waals surface area contributed by atoms with Crippen molar-refractivity contribution in [2.75, 3.05) is 13.2 Å². The van der Waals surface area contributed by atoms with Crippen molar-refractivity contribution in [2.24, 2.45) is 0 Å². The molecule has 116 valence electrons. The summed E-state index contributed by atoms with van der Waals surface area (Å²) in [5, 5.41) is 12.4. The largest absolute Gasteiger partial charge is 0.504 e. The molecule has 6 nitrogen and oxygen atoms in total. The Balaban J connectivity index is 2.35. The van der Waals surface area contributed by atoms with E-state index < -0.39 is 11.9 Å². The normalized spacial score (nSPS) is 16.1. The van der Waals surface area contributed by atoms with Gasteiger partial charge in [-0.15, -0.1) is 6.58 Å². The van der Waals surface area contributed by atoms with Crippen LogP contribution in [0.1, 0.15) is 12.5 Å². The van der Waals surface area contributed by atoms with Crippen LogP contribution in [-0.2, 0) is 4.79 Å². The van der Waals surface area contributed by atoms with Crippen molar-refractivity contribution in [3.8, 4) is 11.5 Å². The first-order chi connectivity index (χ1) is 10.5. The van der Waals surface area contributed by atoms with Gasteiger partial charge in [-0.3, -0.25) is 9.69 Å². The number of amides is 3. The third kappa shape index (κ3) is 3.24. The number of hydrogen-bond acceptors (Lipinski definition) is 4. The molecule has 1 aromatic carbocycles. The lowest BCUT2D eigenvalue weighted by molar-refractivity contribution is -0.122. The average molecular weight is 414 g/mol. The first kappa shape index (κ1) is 16.3. The number of phenolic OH excluding ortho intramolecular Hbond substituents is 1. The summed E-state index contributed by atoms with van der Waals surface area (Å²) in [6.07, 6.45) is 3.03. The van der Waals surface area contributed by atoms with Crippen molar-refractivity contribution in [2.45, 2.75) is 6.92 Å². The van der Waals surface area contributed by atoms with Gasteiger partial charge in [-0.1, -0.05) is 6.08 Å². The number of nitrogens with zero attached hydrogens (tertiary/aromatic N) is 1. The van der Waals surface area contributed by atoms with E-state index in [0.717, 1.165) is 4.90 Å². The smallest absolute Gasteiger partial charge is 0.329 e. The van der Waals surface area contributed by atoms with E-state index in [1.54, 1.807) is 18.2 Å². The molecule has 0 atom stereocenters. The van der Waals surface area contributed by atoms with E-state index in [2.05, 4.69) is 11.9 Å². The Morgan fingerprint density at radius 1 is 1.45 bits per heavy atom. The number of hydrogen-bond donors (Lipinski definition) is 2. The topological polar surface area (TPSA) is 78.9 Å². The number of phenols is 1. The van der Waals surface area contributed by atoms with E-state index >= 15 is 0 Å². The van der Waals surface area contributed by atoms with Gasteiger partial charge in [-0.2, -0.15) is 0 Å². The monoisotopic (exact) mass is 414 g/mol. The molecule has 22 heavy (non-hydrogen) atoms. The Bertz CT molecular complexity index is 670. The second-order valence-electron chi connectivity index (χ2n) is 4.48. The van der Waals surface area contributed by atoms with Gasteiger partial charge in [0.05, 0.1) is 10.2 Å². The van der Waals surface area contributed by atoms with Crippen molar-refractivity contribution >= 4 is 40.6 Å². The number of rotatable bonds is 5. The van der Waals surface area contributed by atoms with Gasteiger partial charge < -0.3 is 15.2 Å². The molecule has 3 amide bonds. The van der Waals surface area contributed by atoms with Gasteiger partial charge in [0, 0.05) is 6.54 Å². The predicted molar refractivity (Wildman–Crippen MR) is 90.4 cm³/mol. The van der Waals surface area contributed by atoms with Crippen molar-refractivity contribution in [3.05, 3.63) is 39.6 Å². The summed E-state index contributed by atoms with van der Waals surface area (Å²) in [5.74, 6) is -0.0217. The number of halogens is 1. The lowest BCUT2D eigenvalue weighted by atomic mass is 10.1. The fourth-order valence-corrected chi connectivity index (χ4v) is 2.60. The summed E-state index contributed by atoms with van der Waals surface area (Å²) in [6, 6.07) is 2.83. The predicted octanol–water partition coefficient (Wildman–Crippen LogP) is 2.47. The van der Waals surface area contributed by atoms with Gasteiger partial charge in [0.2, 0.25) is 0 Å². The SMILES string of the molecule is C=CCN1C(=O)N/C(=C/c2cc(I)c(O)c(OCC)c2)C1=O. The zero-order chi connectivity index (χ0) is 16.3. The van der Waals surface area contributed by atoms with Crippen molar-refractivity contribution in [1.29, 1.82) is 0 Å². The Morgan fingerprint density at radius 2 is 2.18 bits per heavy atom.